The van der Waals surface area contributed by atoms with Gasteiger partial charge in [-0.05, 0) is 74.2 Å². The summed E-state index contributed by atoms with van der Waals surface area (Å²) in [5.41, 5.74) is 1.94. The number of methoxy groups -OCH3 is 1. The van der Waals surface area contributed by atoms with Crippen LogP contribution in [0.3, 0.4) is 0 Å². The van der Waals surface area contributed by atoms with Gasteiger partial charge in [-0.25, -0.2) is 8.42 Å². The summed E-state index contributed by atoms with van der Waals surface area (Å²) >= 11 is 6.25. The lowest BCUT2D eigenvalue weighted by Crippen LogP contribution is -2.53. The highest BCUT2D eigenvalue weighted by atomic mass is 35.5. The lowest BCUT2D eigenvalue weighted by molar-refractivity contribution is -0.140. The number of rotatable bonds is 12. The normalized spacial score (nSPS) is 14.3. The Bertz CT molecular complexity index is 1470. The van der Waals surface area contributed by atoms with Crippen molar-refractivity contribution in [1.82, 2.24) is 10.2 Å². The fourth-order valence-electron chi connectivity index (χ4n) is 5.21. The number of carbonyl (C=O) groups excluding carboxylic acids is 2. The minimum atomic E-state index is -4.16. The van der Waals surface area contributed by atoms with Gasteiger partial charge >= 0.3 is 0 Å². The maximum atomic E-state index is 14.2. The van der Waals surface area contributed by atoms with Gasteiger partial charge in [0.15, 0.2) is 0 Å². The fourth-order valence-corrected chi connectivity index (χ4v) is 6.80. The van der Waals surface area contributed by atoms with E-state index in [-0.39, 0.29) is 29.1 Å². The van der Waals surface area contributed by atoms with Gasteiger partial charge in [0.2, 0.25) is 11.8 Å². The third-order valence-electron chi connectivity index (χ3n) is 7.58. The van der Waals surface area contributed by atoms with E-state index in [0.29, 0.717) is 17.2 Å². The molecule has 0 radical (unpaired) electrons. The van der Waals surface area contributed by atoms with Gasteiger partial charge in [-0.3, -0.25) is 13.9 Å². The van der Waals surface area contributed by atoms with E-state index in [0.717, 1.165) is 41.1 Å². The number of sulfonamides is 1. The SMILES string of the molecule is CC[C@H](C(=O)NC1CCCC1)N(Cc1ccc(OC)cc1)C(=O)CN(c1cccc(Cl)c1)S(=O)(=O)c1ccc(C)cc1. The first-order valence-electron chi connectivity index (χ1n) is 14.2. The van der Waals surface area contributed by atoms with Crippen molar-refractivity contribution in [1.29, 1.82) is 0 Å². The van der Waals surface area contributed by atoms with Gasteiger partial charge in [-0.15, -0.1) is 0 Å². The number of ether oxygens (including phenoxy) is 1. The van der Waals surface area contributed by atoms with Crippen molar-refractivity contribution >= 4 is 39.1 Å². The molecule has 0 saturated heterocycles. The Kier molecular flexibility index (Phi) is 10.5. The van der Waals surface area contributed by atoms with E-state index in [1.807, 2.05) is 26.0 Å². The van der Waals surface area contributed by atoms with E-state index in [4.69, 9.17) is 16.3 Å². The van der Waals surface area contributed by atoms with Crippen molar-refractivity contribution in [2.75, 3.05) is 18.0 Å². The summed E-state index contributed by atoms with van der Waals surface area (Å²) in [7, 11) is -2.59. The summed E-state index contributed by atoms with van der Waals surface area (Å²) in [5, 5.41) is 3.46. The summed E-state index contributed by atoms with van der Waals surface area (Å²) in [4.78, 5) is 29.3. The van der Waals surface area contributed by atoms with Gasteiger partial charge < -0.3 is 15.0 Å². The third-order valence-corrected chi connectivity index (χ3v) is 9.61. The predicted molar refractivity (Wildman–Crippen MR) is 165 cm³/mol. The molecule has 4 rings (SSSR count). The molecule has 0 unspecified atom stereocenters. The average Bonchev–Trinajstić information content (AvgIpc) is 3.49. The molecular weight excluding hydrogens is 574 g/mol. The largest absolute Gasteiger partial charge is 0.497 e. The zero-order chi connectivity index (χ0) is 30.3. The molecule has 224 valence electrons. The number of hydrogen-bond donors (Lipinski definition) is 1. The van der Waals surface area contributed by atoms with Crippen LogP contribution in [0, 0.1) is 6.92 Å². The maximum Gasteiger partial charge on any atom is 0.264 e. The summed E-state index contributed by atoms with van der Waals surface area (Å²) in [6, 6.07) is 19.4. The zero-order valence-corrected chi connectivity index (χ0v) is 25.8. The fraction of sp³-hybridized carbons (Fsp3) is 0.375. The monoisotopic (exact) mass is 611 g/mol. The number of nitrogens with one attached hydrogen (secondary N) is 1. The molecule has 42 heavy (non-hydrogen) atoms. The molecule has 0 aliphatic heterocycles. The van der Waals surface area contributed by atoms with Gasteiger partial charge in [-0.2, -0.15) is 0 Å². The van der Waals surface area contributed by atoms with E-state index in [2.05, 4.69) is 5.32 Å². The summed E-state index contributed by atoms with van der Waals surface area (Å²) < 4.78 is 34.3. The van der Waals surface area contributed by atoms with Crippen molar-refractivity contribution in [3.05, 3.63) is 88.9 Å². The quantitative estimate of drug-likeness (QED) is 0.283. The first-order valence-corrected chi connectivity index (χ1v) is 16.0. The van der Waals surface area contributed by atoms with Crippen LogP contribution in [0.2, 0.25) is 5.02 Å². The molecule has 3 aromatic rings. The summed E-state index contributed by atoms with van der Waals surface area (Å²) in [5.74, 6) is -0.0733. The van der Waals surface area contributed by atoms with Crippen LogP contribution in [-0.2, 0) is 26.2 Å². The van der Waals surface area contributed by atoms with E-state index in [1.54, 1.807) is 49.6 Å². The van der Waals surface area contributed by atoms with Gasteiger partial charge in [0, 0.05) is 17.6 Å². The topological polar surface area (TPSA) is 96.0 Å². The van der Waals surface area contributed by atoms with Crippen LogP contribution in [-0.4, -0.2) is 50.9 Å². The minimum absolute atomic E-state index is 0.0496. The second-order valence-corrected chi connectivity index (χ2v) is 12.9. The van der Waals surface area contributed by atoms with Crippen LogP contribution >= 0.6 is 11.6 Å². The Morgan fingerprint density at radius 2 is 1.69 bits per heavy atom. The van der Waals surface area contributed by atoms with Gasteiger partial charge in [-0.1, -0.05) is 67.3 Å². The molecule has 1 aliphatic rings. The molecular formula is C32H38ClN3O5S. The second kappa shape index (κ2) is 14.1. The molecule has 1 N–H and O–H groups in total. The van der Waals surface area contributed by atoms with Crippen molar-refractivity contribution < 1.29 is 22.7 Å². The lowest BCUT2D eigenvalue weighted by Gasteiger charge is -2.33. The molecule has 3 aromatic carbocycles. The molecule has 2 amide bonds. The van der Waals surface area contributed by atoms with Crippen molar-refractivity contribution in [2.24, 2.45) is 0 Å². The van der Waals surface area contributed by atoms with Crippen LogP contribution in [0.15, 0.2) is 77.7 Å². The number of carbonyl (C=O) groups is 2. The molecule has 1 saturated carbocycles. The third kappa shape index (κ3) is 7.63. The van der Waals surface area contributed by atoms with Crippen LogP contribution in [0.25, 0.3) is 0 Å². The van der Waals surface area contributed by atoms with Gasteiger partial charge in [0.05, 0.1) is 17.7 Å². The zero-order valence-electron chi connectivity index (χ0n) is 24.3. The smallest absolute Gasteiger partial charge is 0.264 e. The van der Waals surface area contributed by atoms with Crippen molar-refractivity contribution in [2.45, 2.75) is 69.5 Å². The summed E-state index contributed by atoms with van der Waals surface area (Å²) in [6.45, 7) is 3.32. The highest BCUT2D eigenvalue weighted by Crippen LogP contribution is 2.27. The average molecular weight is 612 g/mol. The first kappa shape index (κ1) is 31.4. The number of amides is 2. The Morgan fingerprint density at radius 1 is 1.02 bits per heavy atom. The minimum Gasteiger partial charge on any atom is -0.497 e. The second-order valence-electron chi connectivity index (χ2n) is 10.6. The number of anilines is 1. The van der Waals surface area contributed by atoms with Crippen LogP contribution in [0.1, 0.15) is 50.2 Å². The molecule has 0 heterocycles. The molecule has 10 heteroatoms. The lowest BCUT2D eigenvalue weighted by atomic mass is 10.1. The Morgan fingerprint density at radius 3 is 2.29 bits per heavy atom. The van der Waals surface area contributed by atoms with Crippen molar-refractivity contribution in [3.8, 4) is 5.75 Å². The molecule has 0 aromatic heterocycles. The number of hydrogen-bond acceptors (Lipinski definition) is 5. The molecule has 1 atom stereocenters. The van der Waals surface area contributed by atoms with E-state index < -0.39 is 28.5 Å². The van der Waals surface area contributed by atoms with Gasteiger partial charge in [0.1, 0.15) is 18.3 Å². The Hall–Kier alpha value is -3.56. The van der Waals surface area contributed by atoms with E-state index in [1.165, 1.54) is 23.1 Å². The molecule has 1 fully saturated rings. The highest BCUT2D eigenvalue weighted by molar-refractivity contribution is 7.92. The number of aryl methyl sites for hydroxylation is 1. The predicted octanol–water partition coefficient (Wildman–Crippen LogP) is 5.72. The van der Waals surface area contributed by atoms with Crippen LogP contribution in [0.4, 0.5) is 5.69 Å². The molecule has 8 nitrogen and oxygen atoms in total. The first-order chi connectivity index (χ1) is 20.1. The van der Waals surface area contributed by atoms with E-state index >= 15 is 0 Å². The van der Waals surface area contributed by atoms with Crippen LogP contribution in [0.5, 0.6) is 5.75 Å². The standard InChI is InChI=1S/C32H38ClN3O5S/c1-4-30(32(38)34-26-9-5-6-10-26)35(21-24-14-16-28(41-3)17-15-24)31(37)22-36(27-11-7-8-25(33)20-27)42(39,40)29-18-12-23(2)13-19-29/h7-8,11-20,26,30H,4-6,9-10,21-22H2,1-3H3,(H,34,38)/t30-/m1/s1. The van der Waals surface area contributed by atoms with Crippen LogP contribution < -0.4 is 14.4 Å². The molecule has 0 spiro atoms. The Balaban J connectivity index is 1.71. The van der Waals surface area contributed by atoms with Crippen molar-refractivity contribution in [3.63, 3.8) is 0 Å². The Labute approximate surface area is 253 Å². The van der Waals surface area contributed by atoms with E-state index in [9.17, 15) is 18.0 Å². The molecule has 0 bridgehead atoms. The highest BCUT2D eigenvalue weighted by Gasteiger charge is 2.34. The maximum absolute atomic E-state index is 14.2. The number of halogens is 1. The molecule has 1 aliphatic carbocycles. The number of nitrogens with zero attached hydrogens (tertiary/aromatic N) is 2. The van der Waals surface area contributed by atoms with Gasteiger partial charge in [0.25, 0.3) is 10.0 Å². The number of benzene rings is 3. The summed E-state index contributed by atoms with van der Waals surface area (Å²) in [6.07, 6.45) is 4.30.